The third kappa shape index (κ3) is 3.24. The standard InChI is InChI=1S/C20H29NO2/c1-14-7-6-8-17(15(14)2)23-11-18(22)21-13-20(5)10-16(21)9-19(3,4)12-20/h6-8,16H,9-13H2,1-5H3/t16-,20+/m0/s1. The van der Waals surface area contributed by atoms with Crippen molar-refractivity contribution in [3.63, 3.8) is 0 Å². The number of hydrogen-bond acceptors (Lipinski definition) is 2. The van der Waals surface area contributed by atoms with Crippen molar-refractivity contribution in [2.45, 2.75) is 59.9 Å². The second-order valence-electron chi connectivity index (χ2n) is 8.72. The molecule has 1 heterocycles. The van der Waals surface area contributed by atoms with Crippen molar-refractivity contribution < 1.29 is 9.53 Å². The number of aryl methyl sites for hydroxylation is 1. The number of hydrogen-bond donors (Lipinski definition) is 0. The summed E-state index contributed by atoms with van der Waals surface area (Å²) in [7, 11) is 0. The lowest BCUT2D eigenvalue weighted by molar-refractivity contribution is -0.134. The molecular weight excluding hydrogens is 286 g/mol. The van der Waals surface area contributed by atoms with Crippen LogP contribution >= 0.6 is 0 Å². The molecule has 2 bridgehead atoms. The van der Waals surface area contributed by atoms with Crippen LogP contribution in [-0.4, -0.2) is 30.0 Å². The summed E-state index contributed by atoms with van der Waals surface area (Å²) in [5, 5.41) is 0. The van der Waals surface area contributed by atoms with Crippen LogP contribution in [0.3, 0.4) is 0 Å². The van der Waals surface area contributed by atoms with E-state index in [1.807, 2.05) is 19.1 Å². The van der Waals surface area contributed by atoms with E-state index in [4.69, 9.17) is 4.74 Å². The normalized spacial score (nSPS) is 28.7. The Morgan fingerprint density at radius 3 is 2.74 bits per heavy atom. The van der Waals surface area contributed by atoms with E-state index in [9.17, 15) is 4.79 Å². The van der Waals surface area contributed by atoms with Gasteiger partial charge in [0.1, 0.15) is 5.75 Å². The maximum Gasteiger partial charge on any atom is 0.260 e. The van der Waals surface area contributed by atoms with Crippen LogP contribution < -0.4 is 4.74 Å². The van der Waals surface area contributed by atoms with Crippen molar-refractivity contribution in [1.82, 2.24) is 4.90 Å². The number of rotatable bonds is 3. The molecule has 1 aliphatic heterocycles. The molecule has 3 rings (SSSR count). The molecule has 1 amide bonds. The molecular formula is C20H29NO2. The van der Waals surface area contributed by atoms with Crippen molar-refractivity contribution in [3.8, 4) is 5.75 Å². The minimum Gasteiger partial charge on any atom is -0.483 e. The zero-order valence-corrected chi connectivity index (χ0v) is 15.1. The van der Waals surface area contributed by atoms with Crippen LogP contribution in [0.15, 0.2) is 18.2 Å². The largest absolute Gasteiger partial charge is 0.483 e. The van der Waals surface area contributed by atoms with Gasteiger partial charge in [-0.05, 0) is 61.1 Å². The summed E-state index contributed by atoms with van der Waals surface area (Å²) in [6.07, 6.45) is 3.46. The van der Waals surface area contributed by atoms with Crippen LogP contribution in [0.5, 0.6) is 5.75 Å². The molecule has 0 unspecified atom stereocenters. The van der Waals surface area contributed by atoms with Gasteiger partial charge < -0.3 is 9.64 Å². The van der Waals surface area contributed by atoms with E-state index in [1.54, 1.807) is 0 Å². The SMILES string of the molecule is Cc1cccc(OCC(=O)N2C[C@]3(C)C[C@@H]2CC(C)(C)C3)c1C. The number of benzene rings is 1. The smallest absolute Gasteiger partial charge is 0.260 e. The van der Waals surface area contributed by atoms with E-state index < -0.39 is 0 Å². The monoisotopic (exact) mass is 315 g/mol. The minimum absolute atomic E-state index is 0.136. The summed E-state index contributed by atoms with van der Waals surface area (Å²) in [6, 6.07) is 6.38. The third-order valence-corrected chi connectivity index (χ3v) is 5.64. The molecule has 2 fully saturated rings. The topological polar surface area (TPSA) is 29.5 Å². The second-order valence-corrected chi connectivity index (χ2v) is 8.72. The van der Waals surface area contributed by atoms with Crippen LogP contribution in [0.4, 0.5) is 0 Å². The zero-order valence-electron chi connectivity index (χ0n) is 15.1. The number of likely N-dealkylation sites (tertiary alicyclic amines) is 1. The van der Waals surface area contributed by atoms with Crippen molar-refractivity contribution in [3.05, 3.63) is 29.3 Å². The lowest BCUT2D eigenvalue weighted by Gasteiger charge is -2.39. The molecule has 2 aliphatic rings. The van der Waals surface area contributed by atoms with Crippen LogP contribution in [0.1, 0.15) is 51.2 Å². The van der Waals surface area contributed by atoms with Gasteiger partial charge in [-0.2, -0.15) is 0 Å². The maximum absolute atomic E-state index is 12.7. The molecule has 1 aliphatic carbocycles. The van der Waals surface area contributed by atoms with Crippen LogP contribution in [0, 0.1) is 24.7 Å². The summed E-state index contributed by atoms with van der Waals surface area (Å²) >= 11 is 0. The summed E-state index contributed by atoms with van der Waals surface area (Å²) in [5.41, 5.74) is 2.93. The molecule has 23 heavy (non-hydrogen) atoms. The summed E-state index contributed by atoms with van der Waals surface area (Å²) < 4.78 is 5.83. The van der Waals surface area contributed by atoms with Crippen molar-refractivity contribution in [2.24, 2.45) is 10.8 Å². The highest BCUT2D eigenvalue weighted by Gasteiger charge is 2.50. The van der Waals surface area contributed by atoms with Crippen LogP contribution in [-0.2, 0) is 4.79 Å². The van der Waals surface area contributed by atoms with E-state index in [2.05, 4.69) is 38.7 Å². The van der Waals surface area contributed by atoms with Gasteiger partial charge in [0.15, 0.2) is 6.61 Å². The first-order chi connectivity index (χ1) is 10.7. The Morgan fingerprint density at radius 1 is 1.26 bits per heavy atom. The van der Waals surface area contributed by atoms with Crippen LogP contribution in [0.25, 0.3) is 0 Å². The summed E-state index contributed by atoms with van der Waals surface area (Å²) in [4.78, 5) is 14.8. The van der Waals surface area contributed by atoms with Gasteiger partial charge >= 0.3 is 0 Å². The Labute approximate surface area is 140 Å². The molecule has 0 N–H and O–H groups in total. The Balaban J connectivity index is 1.67. The van der Waals surface area contributed by atoms with Gasteiger partial charge in [-0.1, -0.05) is 32.9 Å². The molecule has 3 nitrogen and oxygen atoms in total. The van der Waals surface area contributed by atoms with Crippen molar-refractivity contribution in [1.29, 1.82) is 0 Å². The van der Waals surface area contributed by atoms with E-state index >= 15 is 0 Å². The molecule has 0 spiro atoms. The van der Waals surface area contributed by atoms with Crippen LogP contribution in [0.2, 0.25) is 0 Å². The second kappa shape index (κ2) is 5.54. The first-order valence-corrected chi connectivity index (χ1v) is 8.68. The quantitative estimate of drug-likeness (QED) is 0.840. The minimum atomic E-state index is 0.136. The van der Waals surface area contributed by atoms with Gasteiger partial charge in [0.2, 0.25) is 0 Å². The molecule has 1 aromatic carbocycles. The number of fused-ring (bicyclic) bond motifs is 2. The van der Waals surface area contributed by atoms with Crippen molar-refractivity contribution >= 4 is 5.91 Å². The first-order valence-electron chi connectivity index (χ1n) is 8.68. The fourth-order valence-electron chi connectivity index (χ4n) is 4.85. The maximum atomic E-state index is 12.7. The number of carbonyl (C=O) groups excluding carboxylic acids is 1. The Bertz CT molecular complexity index is 622. The van der Waals surface area contributed by atoms with E-state index in [0.29, 0.717) is 11.5 Å². The third-order valence-electron chi connectivity index (χ3n) is 5.64. The number of amides is 1. The van der Waals surface area contributed by atoms with Gasteiger partial charge in [0, 0.05) is 12.6 Å². The van der Waals surface area contributed by atoms with Gasteiger partial charge in [0.25, 0.3) is 5.91 Å². The van der Waals surface area contributed by atoms with E-state index in [0.717, 1.165) is 30.7 Å². The van der Waals surface area contributed by atoms with E-state index in [-0.39, 0.29) is 17.9 Å². The average Bonchev–Trinajstić information content (AvgIpc) is 2.69. The van der Waals surface area contributed by atoms with Gasteiger partial charge in [0.05, 0.1) is 0 Å². The fourth-order valence-corrected chi connectivity index (χ4v) is 4.85. The van der Waals surface area contributed by atoms with Gasteiger partial charge in [-0.25, -0.2) is 0 Å². The molecule has 3 heteroatoms. The van der Waals surface area contributed by atoms with Gasteiger partial charge in [-0.15, -0.1) is 0 Å². The molecule has 1 saturated carbocycles. The first kappa shape index (κ1) is 16.4. The number of ether oxygens (including phenoxy) is 1. The highest BCUT2D eigenvalue weighted by Crippen LogP contribution is 2.52. The molecule has 1 saturated heterocycles. The molecule has 0 radical (unpaired) electrons. The fraction of sp³-hybridized carbons (Fsp3) is 0.650. The predicted octanol–water partition coefficient (Wildman–Crippen LogP) is 4.11. The molecule has 0 aromatic heterocycles. The molecule has 126 valence electrons. The van der Waals surface area contributed by atoms with Gasteiger partial charge in [-0.3, -0.25) is 4.79 Å². The number of nitrogens with zero attached hydrogens (tertiary/aromatic N) is 1. The van der Waals surface area contributed by atoms with E-state index in [1.165, 1.54) is 12.0 Å². The summed E-state index contributed by atoms with van der Waals surface area (Å²) in [6.45, 7) is 12.1. The summed E-state index contributed by atoms with van der Waals surface area (Å²) in [5.74, 6) is 0.962. The highest BCUT2D eigenvalue weighted by molar-refractivity contribution is 5.78. The molecule has 1 aromatic rings. The molecule has 2 atom stereocenters. The average molecular weight is 315 g/mol. The highest BCUT2D eigenvalue weighted by atomic mass is 16.5. The lowest BCUT2D eigenvalue weighted by Crippen LogP contribution is -2.40. The lowest BCUT2D eigenvalue weighted by atomic mass is 9.65. The Morgan fingerprint density at radius 2 is 2.00 bits per heavy atom. The zero-order chi connectivity index (χ0) is 16.8. The number of carbonyl (C=O) groups is 1. The Hall–Kier alpha value is -1.51. The Kier molecular flexibility index (Phi) is 3.94. The van der Waals surface area contributed by atoms with Crippen molar-refractivity contribution in [2.75, 3.05) is 13.2 Å². The predicted molar refractivity (Wildman–Crippen MR) is 92.7 cm³/mol.